The Balaban J connectivity index is 2.73. The minimum Gasteiger partial charge on any atom is -0.119 e. The normalized spacial score (nSPS) is 47.6. The lowest BCUT2D eigenvalue weighted by atomic mass is 9.88. The summed E-state index contributed by atoms with van der Waals surface area (Å²) >= 11 is 12.1. The maximum atomic E-state index is 6.07. The van der Waals surface area contributed by atoms with Gasteiger partial charge in [-0.2, -0.15) is 0 Å². The van der Waals surface area contributed by atoms with Gasteiger partial charge < -0.3 is 0 Å². The van der Waals surface area contributed by atoms with E-state index in [1.807, 2.05) is 32.4 Å². The van der Waals surface area contributed by atoms with Crippen molar-refractivity contribution in [1.29, 1.82) is 0 Å². The van der Waals surface area contributed by atoms with Crippen LogP contribution >= 0.6 is 23.2 Å². The first kappa shape index (κ1) is 8.42. The standard InChI is InChI=1S/C8H11Cl2/c1-7(9)4-3-5-8(2,10)6-7/h3-5H,6H2,1-2H3. The van der Waals surface area contributed by atoms with E-state index in [4.69, 9.17) is 23.2 Å². The van der Waals surface area contributed by atoms with E-state index in [-0.39, 0.29) is 9.75 Å². The monoisotopic (exact) mass is 177 g/mol. The molecule has 0 N–H and O–H groups in total. The van der Waals surface area contributed by atoms with Crippen LogP contribution in [0.5, 0.6) is 0 Å². The van der Waals surface area contributed by atoms with Gasteiger partial charge in [0, 0.05) is 6.42 Å². The number of alkyl halides is 2. The van der Waals surface area contributed by atoms with Gasteiger partial charge in [-0.1, -0.05) is 12.2 Å². The van der Waals surface area contributed by atoms with Crippen molar-refractivity contribution in [3.63, 3.8) is 0 Å². The van der Waals surface area contributed by atoms with Gasteiger partial charge in [0.15, 0.2) is 0 Å². The Bertz CT molecular complexity index is 157. The van der Waals surface area contributed by atoms with E-state index in [9.17, 15) is 0 Å². The third kappa shape index (κ3) is 2.17. The van der Waals surface area contributed by atoms with E-state index < -0.39 is 0 Å². The second-order valence-electron chi connectivity index (χ2n) is 3.26. The molecule has 0 saturated heterocycles. The van der Waals surface area contributed by atoms with Crippen LogP contribution in [0, 0.1) is 6.42 Å². The summed E-state index contributed by atoms with van der Waals surface area (Å²) in [6.07, 6.45) is 6.67. The number of rotatable bonds is 0. The summed E-state index contributed by atoms with van der Waals surface area (Å²) in [5.74, 6) is 0. The molecule has 2 unspecified atom stereocenters. The van der Waals surface area contributed by atoms with Crippen molar-refractivity contribution in [3.8, 4) is 0 Å². The predicted octanol–water partition coefficient (Wildman–Crippen LogP) is 3.15. The van der Waals surface area contributed by atoms with Crippen LogP contribution < -0.4 is 0 Å². The molecule has 0 heterocycles. The summed E-state index contributed by atoms with van der Waals surface area (Å²) in [5.41, 5.74) is 0. The summed E-state index contributed by atoms with van der Waals surface area (Å²) in [5, 5.41) is 0. The van der Waals surface area contributed by atoms with Crippen molar-refractivity contribution in [1.82, 2.24) is 0 Å². The maximum absolute atomic E-state index is 6.07. The third-order valence-electron chi connectivity index (χ3n) is 1.58. The molecule has 0 spiro atoms. The Morgan fingerprint density at radius 1 is 1.20 bits per heavy atom. The van der Waals surface area contributed by atoms with Crippen molar-refractivity contribution in [2.24, 2.45) is 0 Å². The Kier molecular flexibility index (Phi) is 2.04. The summed E-state index contributed by atoms with van der Waals surface area (Å²) < 4.78 is 0. The van der Waals surface area contributed by atoms with Gasteiger partial charge in [0.1, 0.15) is 0 Å². The molecule has 1 radical (unpaired) electrons. The van der Waals surface area contributed by atoms with Crippen molar-refractivity contribution < 1.29 is 0 Å². The fourth-order valence-corrected chi connectivity index (χ4v) is 2.01. The quantitative estimate of drug-likeness (QED) is 0.500. The molecule has 1 aliphatic rings. The summed E-state index contributed by atoms with van der Waals surface area (Å²) in [7, 11) is 0. The van der Waals surface area contributed by atoms with Gasteiger partial charge in [-0.15, -0.1) is 23.2 Å². The van der Waals surface area contributed by atoms with Crippen LogP contribution in [0.3, 0.4) is 0 Å². The van der Waals surface area contributed by atoms with Gasteiger partial charge in [-0.05, 0) is 20.3 Å². The lowest BCUT2D eigenvalue weighted by molar-refractivity contribution is 0.563. The Hall–Kier alpha value is 0.320. The molecule has 0 fully saturated rings. The minimum absolute atomic E-state index is 0.259. The molecule has 2 heteroatoms. The molecule has 0 amide bonds. The number of allylic oxidation sites excluding steroid dienone is 2. The lowest BCUT2D eigenvalue weighted by Gasteiger charge is -2.32. The second kappa shape index (κ2) is 2.42. The fraction of sp³-hybridized carbons (Fsp3) is 0.625. The van der Waals surface area contributed by atoms with Crippen molar-refractivity contribution >= 4 is 23.2 Å². The molecule has 0 aromatic heterocycles. The highest BCUT2D eigenvalue weighted by Gasteiger charge is 2.33. The van der Waals surface area contributed by atoms with Crippen molar-refractivity contribution in [3.05, 3.63) is 18.6 Å². The van der Waals surface area contributed by atoms with E-state index in [1.54, 1.807) is 0 Å². The van der Waals surface area contributed by atoms with Crippen LogP contribution in [0.15, 0.2) is 12.2 Å². The fourth-order valence-electron chi connectivity index (χ4n) is 1.24. The van der Waals surface area contributed by atoms with Crippen molar-refractivity contribution in [2.45, 2.75) is 30.0 Å². The molecule has 0 aromatic rings. The second-order valence-corrected chi connectivity index (χ2v) is 4.99. The highest BCUT2D eigenvalue weighted by molar-refractivity contribution is 6.28. The highest BCUT2D eigenvalue weighted by Crippen LogP contribution is 2.37. The number of hydrogen-bond donors (Lipinski definition) is 0. The highest BCUT2D eigenvalue weighted by atomic mass is 35.5. The van der Waals surface area contributed by atoms with Crippen LogP contribution in [0.25, 0.3) is 0 Å². The molecule has 57 valence electrons. The molecule has 0 aliphatic heterocycles. The zero-order valence-electron chi connectivity index (χ0n) is 6.20. The topological polar surface area (TPSA) is 0 Å². The van der Waals surface area contributed by atoms with Crippen LogP contribution in [0.4, 0.5) is 0 Å². The molecule has 0 saturated carbocycles. The van der Waals surface area contributed by atoms with Crippen LogP contribution in [-0.2, 0) is 0 Å². The van der Waals surface area contributed by atoms with Gasteiger partial charge in [0.05, 0.1) is 9.75 Å². The number of hydrogen-bond acceptors (Lipinski definition) is 0. The largest absolute Gasteiger partial charge is 0.119 e. The molecule has 0 aromatic carbocycles. The third-order valence-corrected chi connectivity index (χ3v) is 2.10. The van der Waals surface area contributed by atoms with Gasteiger partial charge in [-0.25, -0.2) is 0 Å². The van der Waals surface area contributed by atoms with Crippen LogP contribution in [-0.4, -0.2) is 9.75 Å². The molecule has 0 nitrogen and oxygen atoms in total. The zero-order valence-corrected chi connectivity index (χ0v) is 7.71. The summed E-state index contributed by atoms with van der Waals surface area (Å²) in [6.45, 7) is 3.94. The van der Waals surface area contributed by atoms with Gasteiger partial charge in [0.25, 0.3) is 0 Å². The van der Waals surface area contributed by atoms with Gasteiger partial charge >= 0.3 is 0 Å². The molecule has 0 bridgehead atoms. The zero-order chi connectivity index (χ0) is 7.83. The van der Waals surface area contributed by atoms with E-state index in [0.717, 1.165) is 6.42 Å². The molecular formula is C8H11Cl2. The van der Waals surface area contributed by atoms with Gasteiger partial charge in [-0.3, -0.25) is 0 Å². The van der Waals surface area contributed by atoms with Crippen LogP contribution in [0.1, 0.15) is 20.3 Å². The lowest BCUT2D eigenvalue weighted by Crippen LogP contribution is -2.31. The Labute approximate surface area is 72.2 Å². The van der Waals surface area contributed by atoms with E-state index in [1.165, 1.54) is 0 Å². The first-order valence-corrected chi connectivity index (χ1v) is 4.09. The average molecular weight is 178 g/mol. The molecule has 10 heavy (non-hydrogen) atoms. The first-order valence-electron chi connectivity index (χ1n) is 3.33. The summed E-state index contributed by atoms with van der Waals surface area (Å²) in [4.78, 5) is -0.517. The smallest absolute Gasteiger partial charge is 0.0614 e. The molecule has 2 atom stereocenters. The van der Waals surface area contributed by atoms with Gasteiger partial charge in [0.2, 0.25) is 0 Å². The summed E-state index contributed by atoms with van der Waals surface area (Å²) in [6, 6.07) is 0. The molecule has 1 aliphatic carbocycles. The average Bonchev–Trinajstić information content (AvgIpc) is 1.56. The predicted molar refractivity (Wildman–Crippen MR) is 46.6 cm³/mol. The SMILES string of the molecule is CC1(Cl)[CH]C=CC(C)(Cl)C1. The van der Waals surface area contributed by atoms with Crippen LogP contribution in [0.2, 0.25) is 0 Å². The van der Waals surface area contributed by atoms with Crippen molar-refractivity contribution in [2.75, 3.05) is 0 Å². The number of halogens is 2. The van der Waals surface area contributed by atoms with E-state index in [0.29, 0.717) is 0 Å². The molecule has 1 rings (SSSR count). The Morgan fingerprint density at radius 2 is 1.80 bits per heavy atom. The van der Waals surface area contributed by atoms with E-state index in [2.05, 4.69) is 0 Å². The Morgan fingerprint density at radius 3 is 2.10 bits per heavy atom. The first-order chi connectivity index (χ1) is 4.41. The van der Waals surface area contributed by atoms with E-state index >= 15 is 0 Å². The minimum atomic E-state index is -0.259. The maximum Gasteiger partial charge on any atom is 0.0614 e. The molecular weight excluding hydrogens is 167 g/mol.